The van der Waals surface area contributed by atoms with E-state index in [9.17, 15) is 10.2 Å². The van der Waals surface area contributed by atoms with Crippen LogP contribution in [0.5, 0.6) is 5.75 Å². The topological polar surface area (TPSA) is 52.5 Å². The number of aromatic hydroxyl groups is 1. The van der Waals surface area contributed by atoms with Gasteiger partial charge in [0.2, 0.25) is 0 Å². The predicted molar refractivity (Wildman–Crippen MR) is 81.4 cm³/mol. The Labute approximate surface area is 125 Å². The van der Waals surface area contributed by atoms with Gasteiger partial charge in [-0.1, -0.05) is 18.2 Å². The number of benzene rings is 1. The maximum atomic E-state index is 10.4. The molecule has 0 aliphatic heterocycles. The van der Waals surface area contributed by atoms with Crippen molar-refractivity contribution in [1.82, 2.24) is 5.32 Å². The quantitative estimate of drug-likeness (QED) is 0.782. The number of aliphatic hydroxyl groups is 1. The number of hydrogen-bond donors (Lipinski definition) is 3. The van der Waals surface area contributed by atoms with Crippen LogP contribution >= 0.6 is 27.3 Å². The number of thiophene rings is 1. The first-order valence-corrected chi connectivity index (χ1v) is 7.61. The second kappa shape index (κ2) is 6.05. The van der Waals surface area contributed by atoms with Gasteiger partial charge in [0.1, 0.15) is 11.4 Å². The van der Waals surface area contributed by atoms with E-state index in [0.717, 1.165) is 10.4 Å². The summed E-state index contributed by atoms with van der Waals surface area (Å²) in [6, 6.07) is 9.36. The van der Waals surface area contributed by atoms with Gasteiger partial charge in [0.15, 0.2) is 0 Å². The Morgan fingerprint density at radius 1 is 1.32 bits per heavy atom. The molecule has 1 heterocycles. The molecule has 2 aromatic rings. The van der Waals surface area contributed by atoms with E-state index < -0.39 is 5.60 Å². The van der Waals surface area contributed by atoms with Gasteiger partial charge in [0, 0.05) is 23.5 Å². The van der Waals surface area contributed by atoms with Crippen molar-refractivity contribution in [1.29, 1.82) is 0 Å². The molecule has 0 amide bonds. The molecule has 0 aliphatic carbocycles. The summed E-state index contributed by atoms with van der Waals surface area (Å²) >= 11 is 4.82. The van der Waals surface area contributed by atoms with E-state index in [2.05, 4.69) is 21.2 Å². The van der Waals surface area contributed by atoms with Gasteiger partial charge in [0.25, 0.3) is 0 Å². The zero-order valence-electron chi connectivity index (χ0n) is 10.6. The highest BCUT2D eigenvalue weighted by atomic mass is 79.9. The van der Waals surface area contributed by atoms with Gasteiger partial charge in [-0.3, -0.25) is 0 Å². The third-order valence-corrected chi connectivity index (χ3v) is 4.67. The van der Waals surface area contributed by atoms with Crippen LogP contribution in [0.15, 0.2) is 40.2 Å². The van der Waals surface area contributed by atoms with E-state index in [-0.39, 0.29) is 5.75 Å². The van der Waals surface area contributed by atoms with Gasteiger partial charge in [-0.15, -0.1) is 11.3 Å². The van der Waals surface area contributed by atoms with Gasteiger partial charge in [-0.2, -0.15) is 0 Å². The van der Waals surface area contributed by atoms with Crippen LogP contribution in [0.1, 0.15) is 17.4 Å². The van der Waals surface area contributed by atoms with E-state index in [4.69, 9.17) is 0 Å². The van der Waals surface area contributed by atoms with Crippen molar-refractivity contribution in [2.75, 3.05) is 6.54 Å². The number of nitrogens with one attached hydrogen (secondary N) is 1. The number of para-hydroxylation sites is 1. The molecule has 0 radical (unpaired) electrons. The molecule has 0 saturated carbocycles. The van der Waals surface area contributed by atoms with Crippen LogP contribution < -0.4 is 5.32 Å². The second-order valence-electron chi connectivity index (χ2n) is 4.60. The van der Waals surface area contributed by atoms with Crippen LogP contribution in [0.25, 0.3) is 0 Å². The Morgan fingerprint density at radius 2 is 2.11 bits per heavy atom. The minimum Gasteiger partial charge on any atom is -0.506 e. The minimum absolute atomic E-state index is 0.241. The molecule has 102 valence electrons. The van der Waals surface area contributed by atoms with Crippen LogP contribution in [0.3, 0.4) is 0 Å². The zero-order valence-corrected chi connectivity index (χ0v) is 13.0. The van der Waals surface area contributed by atoms with Crippen molar-refractivity contribution in [3.63, 3.8) is 0 Å². The minimum atomic E-state index is -0.893. The highest BCUT2D eigenvalue weighted by Gasteiger charge is 2.23. The molecule has 19 heavy (non-hydrogen) atoms. The Morgan fingerprint density at radius 3 is 2.79 bits per heavy atom. The van der Waals surface area contributed by atoms with E-state index in [0.29, 0.717) is 17.6 Å². The van der Waals surface area contributed by atoms with E-state index in [1.165, 1.54) is 11.3 Å². The molecule has 0 saturated heterocycles. The van der Waals surface area contributed by atoms with Gasteiger partial charge in [-0.05, 0) is 40.4 Å². The monoisotopic (exact) mass is 341 g/mol. The molecule has 0 fully saturated rings. The molecule has 1 atom stereocenters. The molecule has 5 heteroatoms. The average Bonchev–Trinajstić information content (AvgIpc) is 2.89. The third kappa shape index (κ3) is 3.57. The summed E-state index contributed by atoms with van der Waals surface area (Å²) in [5.74, 6) is 0.241. The summed E-state index contributed by atoms with van der Waals surface area (Å²) in [5.41, 5.74) is -0.0909. The number of halogens is 1. The van der Waals surface area contributed by atoms with Gasteiger partial charge in [-0.25, -0.2) is 0 Å². The van der Waals surface area contributed by atoms with Crippen LogP contribution in [-0.4, -0.2) is 16.8 Å². The summed E-state index contributed by atoms with van der Waals surface area (Å²) in [5, 5.41) is 25.3. The Hall–Kier alpha value is -0.880. The Balaban J connectivity index is 1.95. The first-order valence-electron chi connectivity index (χ1n) is 5.94. The van der Waals surface area contributed by atoms with Crippen molar-refractivity contribution >= 4 is 27.3 Å². The molecule has 0 aliphatic rings. The smallest absolute Gasteiger partial charge is 0.134 e. The highest BCUT2D eigenvalue weighted by Crippen LogP contribution is 2.28. The zero-order chi connectivity index (χ0) is 13.9. The summed E-state index contributed by atoms with van der Waals surface area (Å²) in [6.07, 6.45) is 0. The standard InChI is InChI=1S/C14H16BrNO2S/c1-14(18,12-6-3-7-19-12)9-16-8-10-4-2-5-11(15)13(10)17/h2-7,16-18H,8-9H2,1H3. The van der Waals surface area contributed by atoms with Crippen LogP contribution in [0.2, 0.25) is 0 Å². The Kier molecular flexibility index (Phi) is 4.62. The molecule has 3 N–H and O–H groups in total. The number of hydrogen-bond acceptors (Lipinski definition) is 4. The van der Waals surface area contributed by atoms with Crippen molar-refractivity contribution < 1.29 is 10.2 Å². The molecule has 1 aromatic carbocycles. The average molecular weight is 342 g/mol. The maximum Gasteiger partial charge on any atom is 0.134 e. The second-order valence-corrected chi connectivity index (χ2v) is 6.40. The lowest BCUT2D eigenvalue weighted by Crippen LogP contribution is -2.34. The van der Waals surface area contributed by atoms with Crippen molar-refractivity contribution in [2.24, 2.45) is 0 Å². The lowest BCUT2D eigenvalue weighted by atomic mass is 10.1. The molecular formula is C14H16BrNO2S. The maximum absolute atomic E-state index is 10.4. The largest absolute Gasteiger partial charge is 0.506 e. The fourth-order valence-corrected chi connectivity index (χ4v) is 3.01. The molecular weight excluding hydrogens is 326 g/mol. The lowest BCUT2D eigenvalue weighted by molar-refractivity contribution is 0.0604. The lowest BCUT2D eigenvalue weighted by Gasteiger charge is -2.22. The normalized spacial score (nSPS) is 14.3. The van der Waals surface area contributed by atoms with E-state index in [1.807, 2.05) is 29.6 Å². The first-order chi connectivity index (χ1) is 9.00. The molecule has 0 bridgehead atoms. The number of rotatable bonds is 5. The first kappa shape index (κ1) is 14.5. The van der Waals surface area contributed by atoms with Gasteiger partial charge >= 0.3 is 0 Å². The molecule has 2 rings (SSSR count). The highest BCUT2D eigenvalue weighted by molar-refractivity contribution is 9.10. The Bertz CT molecular complexity index is 540. The van der Waals surface area contributed by atoms with E-state index >= 15 is 0 Å². The summed E-state index contributed by atoms with van der Waals surface area (Å²) in [6.45, 7) is 2.72. The molecule has 1 aromatic heterocycles. The molecule has 1 unspecified atom stereocenters. The third-order valence-electron chi connectivity index (χ3n) is 2.91. The van der Waals surface area contributed by atoms with Gasteiger partial charge in [0.05, 0.1) is 4.47 Å². The fourth-order valence-electron chi connectivity index (χ4n) is 1.82. The molecule has 3 nitrogen and oxygen atoms in total. The molecule has 0 spiro atoms. The van der Waals surface area contributed by atoms with Crippen LogP contribution in [0, 0.1) is 0 Å². The van der Waals surface area contributed by atoms with Crippen LogP contribution in [-0.2, 0) is 12.1 Å². The number of phenolic OH excluding ortho intramolecular Hbond substituents is 1. The van der Waals surface area contributed by atoms with Crippen molar-refractivity contribution in [3.8, 4) is 5.75 Å². The summed E-state index contributed by atoms with van der Waals surface area (Å²) in [4.78, 5) is 0.929. The predicted octanol–water partition coefficient (Wildman–Crippen LogP) is 3.21. The van der Waals surface area contributed by atoms with Crippen molar-refractivity contribution in [3.05, 3.63) is 50.6 Å². The van der Waals surface area contributed by atoms with Gasteiger partial charge < -0.3 is 15.5 Å². The SMILES string of the molecule is CC(O)(CNCc1cccc(Br)c1O)c1cccs1. The summed E-state index contributed by atoms with van der Waals surface area (Å²) in [7, 11) is 0. The van der Waals surface area contributed by atoms with Crippen molar-refractivity contribution in [2.45, 2.75) is 19.1 Å². The van der Waals surface area contributed by atoms with Crippen LogP contribution in [0.4, 0.5) is 0 Å². The van der Waals surface area contributed by atoms with E-state index in [1.54, 1.807) is 13.0 Å². The fraction of sp³-hybridized carbons (Fsp3) is 0.286. The summed E-state index contributed by atoms with van der Waals surface area (Å²) < 4.78 is 0.678. The number of phenols is 1.